The van der Waals surface area contributed by atoms with Crippen LogP contribution in [0.5, 0.6) is 0 Å². The number of ether oxygens (including phenoxy) is 2. The molecule has 1 amide bonds. The average Bonchev–Trinajstić information content (AvgIpc) is 3.33. The van der Waals surface area contributed by atoms with Gasteiger partial charge in [-0.15, -0.1) is 0 Å². The van der Waals surface area contributed by atoms with Crippen molar-refractivity contribution < 1.29 is 39.8 Å². The molecule has 7 unspecified atom stereocenters. The second-order valence-electron chi connectivity index (χ2n) is 17.6. The van der Waals surface area contributed by atoms with Crippen molar-refractivity contribution in [2.45, 2.75) is 224 Å². The molecule has 0 aliphatic carbocycles. The van der Waals surface area contributed by atoms with Gasteiger partial charge >= 0.3 is 0 Å². The number of hydrogen-bond acceptors (Lipinski definition) is 8. The summed E-state index contributed by atoms with van der Waals surface area (Å²) in [6.07, 6.45) is 62.5. The first-order valence-electron chi connectivity index (χ1n) is 26.3. The Morgan fingerprint density at radius 2 is 0.940 bits per heavy atom. The molecule has 0 aromatic rings. The summed E-state index contributed by atoms with van der Waals surface area (Å²) in [6, 6.07) is -0.868. The number of allylic oxidation sites excluding steroid dienone is 19. The van der Waals surface area contributed by atoms with Gasteiger partial charge in [0.15, 0.2) is 6.29 Å². The monoisotopic (exact) mass is 934 g/mol. The van der Waals surface area contributed by atoms with Gasteiger partial charge in [0, 0.05) is 6.42 Å². The van der Waals surface area contributed by atoms with E-state index in [1.165, 1.54) is 70.6 Å². The van der Waals surface area contributed by atoms with Crippen molar-refractivity contribution in [3.05, 3.63) is 122 Å². The van der Waals surface area contributed by atoms with Crippen molar-refractivity contribution in [2.75, 3.05) is 13.2 Å². The Kier molecular flexibility index (Phi) is 42.6. The van der Waals surface area contributed by atoms with Gasteiger partial charge in [-0.25, -0.2) is 0 Å². The van der Waals surface area contributed by atoms with Gasteiger partial charge in [-0.1, -0.05) is 200 Å². The Morgan fingerprint density at radius 1 is 0.522 bits per heavy atom. The number of aliphatic hydroxyl groups excluding tert-OH is 5. The summed E-state index contributed by atoms with van der Waals surface area (Å²) < 4.78 is 11.2. The molecule has 0 aromatic carbocycles. The van der Waals surface area contributed by atoms with Crippen LogP contribution in [0.1, 0.15) is 181 Å². The summed E-state index contributed by atoms with van der Waals surface area (Å²) in [5.41, 5.74) is 0. The maximum atomic E-state index is 13.0. The van der Waals surface area contributed by atoms with E-state index in [-0.39, 0.29) is 18.9 Å². The smallest absolute Gasteiger partial charge is 0.220 e. The van der Waals surface area contributed by atoms with E-state index in [9.17, 15) is 30.3 Å². The molecule has 0 bridgehead atoms. The molecular weight excluding hydrogens is 839 g/mol. The molecule has 7 atom stereocenters. The number of carbonyl (C=O) groups is 1. The molecule has 0 aromatic heterocycles. The third kappa shape index (κ3) is 36.3. The maximum Gasteiger partial charge on any atom is 0.220 e. The first-order chi connectivity index (χ1) is 32.8. The molecule has 67 heavy (non-hydrogen) atoms. The fourth-order valence-corrected chi connectivity index (χ4v) is 7.35. The molecule has 9 nitrogen and oxygen atoms in total. The van der Waals surface area contributed by atoms with Crippen LogP contribution < -0.4 is 5.32 Å². The van der Waals surface area contributed by atoms with Gasteiger partial charge in [0.05, 0.1) is 25.4 Å². The molecule has 380 valence electrons. The quantitative estimate of drug-likeness (QED) is 0.0262. The van der Waals surface area contributed by atoms with Crippen LogP contribution in [0.3, 0.4) is 0 Å². The van der Waals surface area contributed by atoms with Crippen LogP contribution in [-0.2, 0) is 14.3 Å². The lowest BCUT2D eigenvalue weighted by Crippen LogP contribution is -2.60. The van der Waals surface area contributed by atoms with Gasteiger partial charge in [-0.05, 0) is 96.3 Å². The number of hydrogen-bond donors (Lipinski definition) is 6. The van der Waals surface area contributed by atoms with Gasteiger partial charge in [-0.2, -0.15) is 0 Å². The Bertz CT molecular complexity index is 1460. The van der Waals surface area contributed by atoms with Crippen molar-refractivity contribution in [2.24, 2.45) is 0 Å². The fraction of sp³-hybridized carbons (Fsp3) is 0.638. The van der Waals surface area contributed by atoms with Gasteiger partial charge in [0.25, 0.3) is 0 Å². The SMILES string of the molecule is CC/C=C\C/C=C\C/C=C\C/C=C\C/C=C\C/C=C\C/C=C\CCCC(=O)NC(COC1OC(CO)C(O)C(O)C1O)C(O)/C=C/CC/C=C/CC/C=C/CCCCCCCCCCCCC. The van der Waals surface area contributed by atoms with Crippen molar-refractivity contribution >= 4 is 5.91 Å². The van der Waals surface area contributed by atoms with Crippen LogP contribution in [0, 0.1) is 0 Å². The molecule has 1 rings (SSSR count). The number of carbonyl (C=O) groups excluding carboxylic acids is 1. The predicted octanol–water partition coefficient (Wildman–Crippen LogP) is 12.4. The van der Waals surface area contributed by atoms with Gasteiger partial charge < -0.3 is 40.3 Å². The standard InChI is InChI=1S/C58H95NO8/c1-3-5-7-9-11-13-15-17-19-21-23-25-26-28-30-32-34-36-38-40-42-44-46-48-54(62)59-51(50-66-58-57(65)56(64)55(63)53(49-60)67-58)52(61)47-45-43-41-39-37-35-33-31-29-27-24-22-20-18-16-14-12-10-8-6-4-2/h5,7,11,13,17,19,23,25,28-31,34,36-37,39-40,42,45,47,51-53,55-58,60-61,63-65H,3-4,6,8-10,12,14-16,18,20-22,24,26-27,32-33,35,38,41,43-44,46,48-50H2,1-2H3,(H,59,62)/b7-5-,13-11-,19-17-,25-23-,30-28-,31-29+,36-34-,39-37+,42-40-,47-45+. The molecule has 0 spiro atoms. The molecule has 6 N–H and O–H groups in total. The molecular formula is C58H95NO8. The molecule has 1 fully saturated rings. The van der Waals surface area contributed by atoms with Crippen LogP contribution in [0.25, 0.3) is 0 Å². The second-order valence-corrected chi connectivity index (χ2v) is 17.6. The average molecular weight is 934 g/mol. The second kappa shape index (κ2) is 46.3. The van der Waals surface area contributed by atoms with Crippen LogP contribution in [0.15, 0.2) is 122 Å². The summed E-state index contributed by atoms with van der Waals surface area (Å²) in [5, 5.41) is 54.3. The van der Waals surface area contributed by atoms with Crippen LogP contribution >= 0.6 is 0 Å². The minimum absolute atomic E-state index is 0.238. The lowest BCUT2D eigenvalue weighted by molar-refractivity contribution is -0.302. The van der Waals surface area contributed by atoms with E-state index in [4.69, 9.17) is 9.47 Å². The normalized spacial score (nSPS) is 20.7. The van der Waals surface area contributed by atoms with Crippen molar-refractivity contribution in [3.63, 3.8) is 0 Å². The van der Waals surface area contributed by atoms with E-state index >= 15 is 0 Å². The summed E-state index contributed by atoms with van der Waals surface area (Å²) in [7, 11) is 0. The lowest BCUT2D eigenvalue weighted by atomic mass is 9.99. The van der Waals surface area contributed by atoms with E-state index in [1.54, 1.807) is 6.08 Å². The minimum Gasteiger partial charge on any atom is -0.394 e. The molecule has 1 aliphatic heterocycles. The van der Waals surface area contributed by atoms with Crippen LogP contribution in [0.4, 0.5) is 0 Å². The molecule has 1 aliphatic rings. The van der Waals surface area contributed by atoms with Crippen molar-refractivity contribution in [1.82, 2.24) is 5.32 Å². The largest absolute Gasteiger partial charge is 0.394 e. The van der Waals surface area contributed by atoms with Crippen molar-refractivity contribution in [3.8, 4) is 0 Å². The first-order valence-corrected chi connectivity index (χ1v) is 26.3. The highest BCUT2D eigenvalue weighted by Crippen LogP contribution is 2.22. The number of aliphatic hydroxyl groups is 5. The van der Waals surface area contributed by atoms with E-state index < -0.39 is 49.5 Å². The summed E-state index contributed by atoms with van der Waals surface area (Å²) >= 11 is 0. The van der Waals surface area contributed by atoms with Gasteiger partial charge in [0.2, 0.25) is 5.91 Å². The summed E-state index contributed by atoms with van der Waals surface area (Å²) in [5.74, 6) is -0.254. The molecule has 1 saturated heterocycles. The van der Waals surface area contributed by atoms with Crippen LogP contribution in [0.2, 0.25) is 0 Å². The third-order valence-electron chi connectivity index (χ3n) is 11.5. The third-order valence-corrected chi connectivity index (χ3v) is 11.5. The van der Waals surface area contributed by atoms with Crippen molar-refractivity contribution in [1.29, 1.82) is 0 Å². The highest BCUT2D eigenvalue weighted by atomic mass is 16.7. The Balaban J connectivity index is 2.40. The molecule has 9 heteroatoms. The van der Waals surface area contributed by atoms with E-state index in [0.717, 1.165) is 77.0 Å². The zero-order valence-electron chi connectivity index (χ0n) is 41.8. The Morgan fingerprint density at radius 3 is 1.43 bits per heavy atom. The minimum atomic E-state index is -1.59. The predicted molar refractivity (Wildman–Crippen MR) is 280 cm³/mol. The zero-order chi connectivity index (χ0) is 48.7. The molecule has 0 saturated carbocycles. The Hall–Kier alpha value is -3.41. The molecule has 0 radical (unpaired) electrons. The number of amides is 1. The lowest BCUT2D eigenvalue weighted by Gasteiger charge is -2.40. The van der Waals surface area contributed by atoms with E-state index in [0.29, 0.717) is 12.8 Å². The topological polar surface area (TPSA) is 149 Å². The number of unbranched alkanes of at least 4 members (excludes halogenated alkanes) is 14. The fourth-order valence-electron chi connectivity index (χ4n) is 7.35. The van der Waals surface area contributed by atoms with Crippen LogP contribution in [-0.4, -0.2) is 87.5 Å². The van der Waals surface area contributed by atoms with Gasteiger partial charge in [-0.3, -0.25) is 4.79 Å². The summed E-state index contributed by atoms with van der Waals surface area (Å²) in [6.45, 7) is 3.59. The number of nitrogens with one attached hydrogen (secondary N) is 1. The highest BCUT2D eigenvalue weighted by Gasteiger charge is 2.44. The van der Waals surface area contributed by atoms with Gasteiger partial charge in [0.1, 0.15) is 24.4 Å². The zero-order valence-corrected chi connectivity index (χ0v) is 41.8. The Labute approximate surface area is 408 Å². The van der Waals surface area contributed by atoms with E-state index in [1.807, 2.05) is 6.08 Å². The number of rotatable bonds is 42. The first kappa shape index (κ1) is 61.6. The molecule has 1 heterocycles. The summed E-state index contributed by atoms with van der Waals surface area (Å²) in [4.78, 5) is 13.0. The van der Waals surface area contributed by atoms with E-state index in [2.05, 4.69) is 129 Å². The maximum absolute atomic E-state index is 13.0. The highest BCUT2D eigenvalue weighted by molar-refractivity contribution is 5.76.